The molecule has 5 nitrogen and oxygen atoms in total. The fourth-order valence-electron chi connectivity index (χ4n) is 2.85. The predicted molar refractivity (Wildman–Crippen MR) is 85.1 cm³/mol. The van der Waals surface area contributed by atoms with Crippen LogP contribution in [-0.4, -0.2) is 29.1 Å². The maximum atomic E-state index is 12.3. The Morgan fingerprint density at radius 3 is 3.00 bits per heavy atom. The molecule has 3 aromatic rings. The number of aromatic nitrogens is 1. The Balaban J connectivity index is 1.41. The first-order valence-electron chi connectivity index (χ1n) is 7.61. The number of carbonyl (C=O) groups excluding carboxylic acids is 1. The molecule has 4 rings (SSSR count). The molecule has 0 saturated carbocycles. The van der Waals surface area contributed by atoms with E-state index in [2.05, 4.69) is 11.2 Å². The third-order valence-electron chi connectivity index (χ3n) is 4.14. The zero-order chi connectivity index (χ0) is 15.6. The van der Waals surface area contributed by atoms with Gasteiger partial charge in [0.25, 0.3) is 5.91 Å². The van der Waals surface area contributed by atoms with Crippen LogP contribution in [0.15, 0.2) is 53.2 Å². The quantitative estimate of drug-likeness (QED) is 0.746. The van der Waals surface area contributed by atoms with Crippen molar-refractivity contribution in [2.45, 2.75) is 13.0 Å². The number of hydrogen-bond acceptors (Lipinski definition) is 4. The second-order valence-corrected chi connectivity index (χ2v) is 5.64. The monoisotopic (exact) mass is 308 g/mol. The molecule has 0 bridgehead atoms. The van der Waals surface area contributed by atoms with Crippen molar-refractivity contribution in [3.05, 3.63) is 60.0 Å². The van der Waals surface area contributed by atoms with E-state index in [9.17, 15) is 4.79 Å². The van der Waals surface area contributed by atoms with Crippen LogP contribution in [0.1, 0.15) is 11.3 Å². The lowest BCUT2D eigenvalue weighted by atomic mass is 10.1. The van der Waals surface area contributed by atoms with Gasteiger partial charge in [-0.2, -0.15) is 0 Å². The molecule has 0 fully saturated rings. The predicted octanol–water partition coefficient (Wildman–Crippen LogP) is 2.79. The van der Waals surface area contributed by atoms with Crippen LogP contribution in [0.3, 0.4) is 0 Å². The Kier molecular flexibility index (Phi) is 3.46. The number of fused-ring (bicyclic) bond motifs is 2. The highest BCUT2D eigenvalue weighted by Gasteiger charge is 2.23. The van der Waals surface area contributed by atoms with Crippen LogP contribution in [0.25, 0.3) is 10.8 Å². The molecule has 5 heteroatoms. The minimum Gasteiger partial charge on any atom is -0.484 e. The van der Waals surface area contributed by atoms with Crippen molar-refractivity contribution < 1.29 is 14.1 Å². The topological polar surface area (TPSA) is 55.6 Å². The van der Waals surface area contributed by atoms with Crippen molar-refractivity contribution in [1.29, 1.82) is 0 Å². The van der Waals surface area contributed by atoms with Gasteiger partial charge in [-0.1, -0.05) is 35.5 Å². The third-order valence-corrected chi connectivity index (χ3v) is 4.14. The third kappa shape index (κ3) is 2.77. The van der Waals surface area contributed by atoms with Gasteiger partial charge in [-0.15, -0.1) is 0 Å². The highest BCUT2D eigenvalue weighted by molar-refractivity contribution is 5.84. The summed E-state index contributed by atoms with van der Waals surface area (Å²) in [6.07, 6.45) is 2.38. The van der Waals surface area contributed by atoms with Crippen LogP contribution in [0, 0.1) is 0 Å². The Morgan fingerprint density at radius 1 is 1.22 bits per heavy atom. The molecule has 0 unspecified atom stereocenters. The molecule has 0 atom stereocenters. The Labute approximate surface area is 133 Å². The van der Waals surface area contributed by atoms with Gasteiger partial charge in [0.1, 0.15) is 11.5 Å². The molecule has 1 amide bonds. The number of amides is 1. The summed E-state index contributed by atoms with van der Waals surface area (Å²) in [7, 11) is 0. The van der Waals surface area contributed by atoms with Crippen LogP contribution < -0.4 is 4.74 Å². The summed E-state index contributed by atoms with van der Waals surface area (Å²) in [6.45, 7) is 1.22. The summed E-state index contributed by atoms with van der Waals surface area (Å²) in [5, 5.41) is 6.03. The van der Waals surface area contributed by atoms with Crippen molar-refractivity contribution in [2.75, 3.05) is 13.2 Å². The summed E-state index contributed by atoms with van der Waals surface area (Å²) in [6, 6.07) is 13.9. The number of nitrogens with zero attached hydrogens (tertiary/aromatic N) is 2. The van der Waals surface area contributed by atoms with E-state index in [0.29, 0.717) is 25.3 Å². The van der Waals surface area contributed by atoms with Gasteiger partial charge in [0, 0.05) is 18.5 Å². The summed E-state index contributed by atoms with van der Waals surface area (Å²) < 4.78 is 10.8. The fourth-order valence-corrected chi connectivity index (χ4v) is 2.85. The van der Waals surface area contributed by atoms with Crippen molar-refractivity contribution in [1.82, 2.24) is 10.1 Å². The molecule has 1 aromatic heterocycles. The highest BCUT2D eigenvalue weighted by atomic mass is 16.5. The molecular formula is C18H16N2O3. The van der Waals surface area contributed by atoms with Crippen molar-refractivity contribution >= 4 is 16.7 Å². The molecular weight excluding hydrogens is 292 g/mol. The Hall–Kier alpha value is -2.82. The molecule has 2 aromatic carbocycles. The fraction of sp³-hybridized carbons (Fsp3) is 0.222. The molecule has 0 spiro atoms. The summed E-state index contributed by atoms with van der Waals surface area (Å²) in [4.78, 5) is 14.1. The van der Waals surface area contributed by atoms with E-state index in [4.69, 9.17) is 9.26 Å². The van der Waals surface area contributed by atoms with Gasteiger partial charge in [0.05, 0.1) is 12.7 Å². The molecule has 0 aliphatic carbocycles. The van der Waals surface area contributed by atoms with E-state index in [1.54, 1.807) is 11.1 Å². The van der Waals surface area contributed by atoms with E-state index in [0.717, 1.165) is 22.1 Å². The number of benzene rings is 2. The van der Waals surface area contributed by atoms with Crippen LogP contribution in [0.2, 0.25) is 0 Å². The number of rotatable bonds is 3. The second kappa shape index (κ2) is 5.76. The average Bonchev–Trinajstić information content (AvgIpc) is 3.07. The van der Waals surface area contributed by atoms with Gasteiger partial charge in [0.15, 0.2) is 6.61 Å². The van der Waals surface area contributed by atoms with Crippen LogP contribution in [-0.2, 0) is 17.8 Å². The number of hydrogen-bond donors (Lipinski definition) is 0. The lowest BCUT2D eigenvalue weighted by Crippen LogP contribution is -2.38. The molecule has 2 heterocycles. The van der Waals surface area contributed by atoms with Crippen molar-refractivity contribution in [3.63, 3.8) is 0 Å². The zero-order valence-electron chi connectivity index (χ0n) is 12.6. The maximum absolute atomic E-state index is 12.3. The molecule has 0 N–H and O–H groups in total. The van der Waals surface area contributed by atoms with E-state index < -0.39 is 0 Å². The molecule has 23 heavy (non-hydrogen) atoms. The first kappa shape index (κ1) is 13.8. The molecule has 0 radical (unpaired) electrons. The van der Waals surface area contributed by atoms with Gasteiger partial charge in [-0.05, 0) is 22.9 Å². The normalized spacial score (nSPS) is 13.8. The van der Waals surface area contributed by atoms with E-state index in [-0.39, 0.29) is 12.5 Å². The Morgan fingerprint density at radius 2 is 2.09 bits per heavy atom. The summed E-state index contributed by atoms with van der Waals surface area (Å²) in [5.41, 5.74) is 0.982. The Bertz CT molecular complexity index is 856. The number of ether oxygens (including phenoxy) is 1. The largest absolute Gasteiger partial charge is 0.484 e. The first-order chi connectivity index (χ1) is 11.3. The molecule has 0 saturated heterocycles. The lowest BCUT2D eigenvalue weighted by Gasteiger charge is -2.25. The lowest BCUT2D eigenvalue weighted by molar-refractivity contribution is -0.134. The maximum Gasteiger partial charge on any atom is 0.260 e. The standard InChI is InChI=1S/C18H16N2O3/c21-18(20-8-7-17-15(11-20)10-19-23-17)12-22-16-6-5-13-3-1-2-4-14(13)9-16/h1-6,9-10H,7-8,11-12H2. The van der Waals surface area contributed by atoms with Gasteiger partial charge in [0.2, 0.25) is 0 Å². The number of carbonyl (C=O) groups is 1. The summed E-state index contributed by atoms with van der Waals surface area (Å²) in [5.74, 6) is 1.56. The summed E-state index contributed by atoms with van der Waals surface area (Å²) >= 11 is 0. The van der Waals surface area contributed by atoms with Gasteiger partial charge in [-0.25, -0.2) is 0 Å². The van der Waals surface area contributed by atoms with E-state index in [1.807, 2.05) is 36.4 Å². The van der Waals surface area contributed by atoms with E-state index in [1.165, 1.54) is 0 Å². The zero-order valence-corrected chi connectivity index (χ0v) is 12.6. The van der Waals surface area contributed by atoms with Crippen molar-refractivity contribution in [3.8, 4) is 5.75 Å². The first-order valence-corrected chi connectivity index (χ1v) is 7.61. The molecule has 1 aliphatic heterocycles. The van der Waals surface area contributed by atoms with Crippen LogP contribution in [0.4, 0.5) is 0 Å². The molecule has 116 valence electrons. The van der Waals surface area contributed by atoms with Crippen LogP contribution in [0.5, 0.6) is 5.75 Å². The van der Waals surface area contributed by atoms with Gasteiger partial charge < -0.3 is 14.2 Å². The van der Waals surface area contributed by atoms with Crippen molar-refractivity contribution in [2.24, 2.45) is 0 Å². The molecule has 1 aliphatic rings. The minimum absolute atomic E-state index is 0.0231. The second-order valence-electron chi connectivity index (χ2n) is 5.64. The minimum atomic E-state index is -0.0231. The van der Waals surface area contributed by atoms with E-state index >= 15 is 0 Å². The van der Waals surface area contributed by atoms with Gasteiger partial charge >= 0.3 is 0 Å². The highest BCUT2D eigenvalue weighted by Crippen LogP contribution is 2.21. The van der Waals surface area contributed by atoms with Gasteiger partial charge in [-0.3, -0.25) is 4.79 Å². The average molecular weight is 308 g/mol. The van der Waals surface area contributed by atoms with Crippen LogP contribution >= 0.6 is 0 Å². The SMILES string of the molecule is O=C(COc1ccc2ccccc2c1)N1CCc2oncc2C1. The smallest absolute Gasteiger partial charge is 0.260 e.